The second kappa shape index (κ2) is 5.45. The number of benzene rings is 2. The monoisotopic (exact) mass is 355 g/mol. The summed E-state index contributed by atoms with van der Waals surface area (Å²) in [6.45, 7) is 0.156. The van der Waals surface area contributed by atoms with Crippen molar-refractivity contribution in [2.45, 2.75) is 5.92 Å². The summed E-state index contributed by atoms with van der Waals surface area (Å²) >= 11 is 0. The highest BCUT2D eigenvalue weighted by molar-refractivity contribution is 5.86. The van der Waals surface area contributed by atoms with Crippen LogP contribution < -0.4 is 25.4 Å². The van der Waals surface area contributed by atoms with Crippen molar-refractivity contribution < 1.29 is 9.47 Å². The Balaban J connectivity index is 1.73. The summed E-state index contributed by atoms with van der Waals surface area (Å²) < 4.78 is 10.8. The minimum atomic E-state index is -0.581. The van der Waals surface area contributed by atoms with Crippen LogP contribution in [-0.4, -0.2) is 6.79 Å². The molecule has 0 radical (unpaired) electrons. The van der Waals surface area contributed by atoms with E-state index in [2.05, 4.69) is 17.5 Å². The van der Waals surface area contributed by atoms with Gasteiger partial charge in [0.15, 0.2) is 11.5 Å². The van der Waals surface area contributed by atoms with Gasteiger partial charge in [0, 0.05) is 0 Å². The van der Waals surface area contributed by atoms with Crippen molar-refractivity contribution in [3.63, 3.8) is 0 Å². The van der Waals surface area contributed by atoms with Gasteiger partial charge in [-0.2, -0.15) is 10.5 Å². The smallest absolute Gasteiger partial charge is 0.231 e. The van der Waals surface area contributed by atoms with Gasteiger partial charge in [-0.3, -0.25) is 4.90 Å². The molecule has 7 nitrogen and oxygen atoms in total. The lowest BCUT2D eigenvalue weighted by molar-refractivity contribution is 0.174. The molecule has 3 aliphatic rings. The largest absolute Gasteiger partial charge is 0.454 e. The Morgan fingerprint density at radius 3 is 2.63 bits per heavy atom. The lowest BCUT2D eigenvalue weighted by Crippen LogP contribution is -2.34. The van der Waals surface area contributed by atoms with Crippen LogP contribution in [0.15, 0.2) is 65.3 Å². The average Bonchev–Trinajstić information content (AvgIpc) is 3.31. The predicted octanol–water partition coefficient (Wildman–Crippen LogP) is 2.87. The van der Waals surface area contributed by atoms with Gasteiger partial charge in [0.1, 0.15) is 11.6 Å². The van der Waals surface area contributed by atoms with Crippen LogP contribution >= 0.6 is 0 Å². The zero-order valence-corrected chi connectivity index (χ0v) is 14.1. The molecular weight excluding hydrogens is 342 g/mol. The highest BCUT2D eigenvalue weighted by Crippen LogP contribution is 2.48. The Labute approximate surface area is 155 Å². The van der Waals surface area contributed by atoms with Gasteiger partial charge < -0.3 is 20.5 Å². The number of nitriles is 2. The molecule has 0 aliphatic carbocycles. The number of nitrogens with two attached hydrogens (primary N) is 1. The molecule has 0 aromatic heterocycles. The zero-order valence-electron chi connectivity index (χ0n) is 14.1. The van der Waals surface area contributed by atoms with Gasteiger partial charge in [-0.15, -0.1) is 0 Å². The highest BCUT2D eigenvalue weighted by Gasteiger charge is 2.40. The fourth-order valence-corrected chi connectivity index (χ4v) is 3.73. The second-order valence-corrected chi connectivity index (χ2v) is 6.31. The Kier molecular flexibility index (Phi) is 3.06. The number of anilines is 2. The van der Waals surface area contributed by atoms with Crippen LogP contribution in [0.5, 0.6) is 11.5 Å². The molecule has 0 saturated carbocycles. The summed E-state index contributed by atoms with van der Waals surface area (Å²) in [5.41, 5.74) is 9.55. The van der Waals surface area contributed by atoms with E-state index in [-0.39, 0.29) is 6.79 Å². The molecule has 0 fully saturated rings. The van der Waals surface area contributed by atoms with Crippen molar-refractivity contribution in [3.05, 3.63) is 70.8 Å². The maximum atomic E-state index is 9.94. The Morgan fingerprint density at radius 2 is 1.81 bits per heavy atom. The Bertz CT molecular complexity index is 1140. The molecule has 7 heteroatoms. The minimum absolute atomic E-state index is 0.156. The zero-order chi connectivity index (χ0) is 18.5. The fourth-order valence-electron chi connectivity index (χ4n) is 3.73. The molecule has 27 heavy (non-hydrogen) atoms. The maximum absolute atomic E-state index is 9.94. The normalized spacial score (nSPS) is 19.2. The summed E-state index contributed by atoms with van der Waals surface area (Å²) in [4.78, 5) is 1.73. The fraction of sp³-hybridized carbons (Fsp3) is 0.100. The van der Waals surface area contributed by atoms with E-state index in [1.54, 1.807) is 17.0 Å². The van der Waals surface area contributed by atoms with E-state index in [4.69, 9.17) is 15.2 Å². The number of hydrogen-bond donors (Lipinski definition) is 2. The van der Waals surface area contributed by atoms with E-state index in [0.29, 0.717) is 34.3 Å². The van der Waals surface area contributed by atoms with Crippen LogP contribution in [0.4, 0.5) is 11.4 Å². The van der Waals surface area contributed by atoms with E-state index >= 15 is 0 Å². The van der Waals surface area contributed by atoms with E-state index < -0.39 is 5.92 Å². The second-order valence-electron chi connectivity index (χ2n) is 6.31. The Hall–Kier alpha value is -4.10. The van der Waals surface area contributed by atoms with Crippen molar-refractivity contribution >= 4 is 11.4 Å². The first-order valence-corrected chi connectivity index (χ1v) is 8.32. The Morgan fingerprint density at radius 1 is 1.04 bits per heavy atom. The number of fused-ring (bicyclic) bond motifs is 4. The number of para-hydroxylation sites is 2. The van der Waals surface area contributed by atoms with Crippen LogP contribution in [0, 0.1) is 22.7 Å². The molecule has 0 saturated heterocycles. The van der Waals surface area contributed by atoms with E-state index in [1.165, 1.54) is 0 Å². The summed E-state index contributed by atoms with van der Waals surface area (Å²) in [7, 11) is 0. The summed E-state index contributed by atoms with van der Waals surface area (Å²) in [6.07, 6.45) is 0. The van der Waals surface area contributed by atoms with Crippen molar-refractivity contribution in [3.8, 4) is 23.6 Å². The molecule has 0 bridgehead atoms. The lowest BCUT2D eigenvalue weighted by Gasteiger charge is -2.31. The van der Waals surface area contributed by atoms with Gasteiger partial charge in [0.25, 0.3) is 0 Å². The lowest BCUT2D eigenvalue weighted by atomic mass is 9.83. The van der Waals surface area contributed by atoms with Crippen molar-refractivity contribution in [2.75, 3.05) is 17.0 Å². The molecule has 0 unspecified atom stereocenters. The van der Waals surface area contributed by atoms with Gasteiger partial charge in [0.05, 0.1) is 40.6 Å². The van der Waals surface area contributed by atoms with Crippen molar-refractivity contribution in [2.24, 2.45) is 5.73 Å². The highest BCUT2D eigenvalue weighted by atomic mass is 16.7. The molecule has 0 spiro atoms. The summed E-state index contributed by atoms with van der Waals surface area (Å²) in [6, 6.07) is 17.5. The summed E-state index contributed by atoms with van der Waals surface area (Å²) in [5, 5.41) is 23.1. The van der Waals surface area contributed by atoms with Crippen LogP contribution in [-0.2, 0) is 0 Å². The number of nitrogens with zero attached hydrogens (tertiary/aromatic N) is 3. The molecular formula is C20H13N5O2. The molecule has 2 aromatic rings. The van der Waals surface area contributed by atoms with E-state index in [0.717, 1.165) is 16.9 Å². The molecule has 3 aliphatic heterocycles. The number of hydrogen-bond acceptors (Lipinski definition) is 7. The minimum Gasteiger partial charge on any atom is -0.454 e. The van der Waals surface area contributed by atoms with Gasteiger partial charge in [-0.1, -0.05) is 18.2 Å². The first-order valence-electron chi connectivity index (χ1n) is 8.32. The van der Waals surface area contributed by atoms with Gasteiger partial charge in [-0.05, 0) is 29.8 Å². The van der Waals surface area contributed by atoms with Gasteiger partial charge in [-0.25, -0.2) is 0 Å². The first-order chi connectivity index (χ1) is 13.2. The maximum Gasteiger partial charge on any atom is 0.231 e. The third kappa shape index (κ3) is 2.00. The topological polar surface area (TPSA) is 107 Å². The van der Waals surface area contributed by atoms with Crippen LogP contribution in [0.3, 0.4) is 0 Å². The molecule has 3 N–H and O–H groups in total. The van der Waals surface area contributed by atoms with Crippen LogP contribution in [0.25, 0.3) is 0 Å². The average molecular weight is 355 g/mol. The van der Waals surface area contributed by atoms with E-state index in [9.17, 15) is 10.5 Å². The molecule has 3 heterocycles. The van der Waals surface area contributed by atoms with E-state index in [1.807, 2.05) is 30.3 Å². The van der Waals surface area contributed by atoms with Crippen molar-refractivity contribution in [1.29, 1.82) is 10.5 Å². The number of ether oxygens (including phenoxy) is 2. The van der Waals surface area contributed by atoms with Crippen LogP contribution in [0.1, 0.15) is 11.5 Å². The standard InChI is InChI=1S/C20H13N5O2/c21-8-12-18(11-5-6-16-17(7-11)27-10-26-16)13(9-22)20-24-14-3-1-2-4-15(14)25(20)19(12)23/h1-7,18,24H,10,23H2/t18-/m0/s1. The van der Waals surface area contributed by atoms with Gasteiger partial charge >= 0.3 is 0 Å². The molecule has 130 valence electrons. The number of nitrogens with one attached hydrogen (secondary N) is 1. The quantitative estimate of drug-likeness (QED) is 0.810. The molecule has 2 aromatic carbocycles. The molecule has 0 amide bonds. The number of rotatable bonds is 1. The predicted molar refractivity (Wildman–Crippen MR) is 97.3 cm³/mol. The first kappa shape index (κ1) is 15.2. The molecule has 1 atom stereocenters. The van der Waals surface area contributed by atoms with Crippen LogP contribution in [0.2, 0.25) is 0 Å². The molecule has 5 rings (SSSR count). The summed E-state index contributed by atoms with van der Waals surface area (Å²) in [5.74, 6) is 1.55. The van der Waals surface area contributed by atoms with Crippen molar-refractivity contribution in [1.82, 2.24) is 0 Å². The number of allylic oxidation sites excluding steroid dienone is 2. The SMILES string of the molecule is N#CC1=C(N)N2C(=C(C#N)[C@H]1c1ccc3c(c1)OCO3)Nc1ccccc12. The third-order valence-corrected chi connectivity index (χ3v) is 4.94. The van der Waals surface area contributed by atoms with Gasteiger partial charge in [0.2, 0.25) is 6.79 Å². The third-order valence-electron chi connectivity index (χ3n) is 4.94.